The quantitative estimate of drug-likeness (QED) is 0.678. The molecule has 0 unspecified atom stereocenters. The Kier molecular flexibility index (Phi) is 6.29. The van der Waals surface area contributed by atoms with Crippen molar-refractivity contribution in [1.29, 1.82) is 0 Å². The molecule has 2 aromatic carbocycles. The Bertz CT molecular complexity index is 1000. The fourth-order valence-electron chi connectivity index (χ4n) is 2.78. The van der Waals surface area contributed by atoms with Crippen molar-refractivity contribution < 1.29 is 27.4 Å². The van der Waals surface area contributed by atoms with E-state index >= 15 is 0 Å². The van der Waals surface area contributed by atoms with Crippen molar-refractivity contribution in [2.45, 2.75) is 38.3 Å². The van der Waals surface area contributed by atoms with E-state index in [1.54, 1.807) is 32.9 Å². The third kappa shape index (κ3) is 5.39. The molecular formula is C20H24N2O6S. The van der Waals surface area contributed by atoms with Gasteiger partial charge in [-0.15, -0.1) is 0 Å². The first kappa shape index (κ1) is 20.9. The summed E-state index contributed by atoms with van der Waals surface area (Å²) in [5.41, 5.74) is 1.51. The van der Waals surface area contributed by atoms with Gasteiger partial charge in [0.25, 0.3) is 5.91 Å². The molecule has 1 heterocycles. The van der Waals surface area contributed by atoms with Gasteiger partial charge in [0.1, 0.15) is 5.75 Å². The summed E-state index contributed by atoms with van der Waals surface area (Å²) in [4.78, 5) is 12.2. The van der Waals surface area contributed by atoms with Crippen LogP contribution in [0.1, 0.15) is 25.0 Å². The lowest BCUT2D eigenvalue weighted by Crippen LogP contribution is -2.30. The number of fused-ring (bicyclic) bond motifs is 1. The lowest BCUT2D eigenvalue weighted by Gasteiger charge is -2.13. The van der Waals surface area contributed by atoms with Gasteiger partial charge in [0.15, 0.2) is 18.1 Å². The molecule has 0 saturated carbocycles. The summed E-state index contributed by atoms with van der Waals surface area (Å²) in [5.74, 6) is 1.51. The number of carbonyl (C=O) groups is 1. The summed E-state index contributed by atoms with van der Waals surface area (Å²) < 4.78 is 43.1. The van der Waals surface area contributed by atoms with E-state index in [4.69, 9.17) is 14.2 Å². The van der Waals surface area contributed by atoms with Crippen molar-refractivity contribution in [3.05, 3.63) is 47.5 Å². The molecule has 0 aromatic heterocycles. The highest BCUT2D eigenvalue weighted by Gasteiger charge is 2.17. The Morgan fingerprint density at radius 1 is 1.14 bits per heavy atom. The van der Waals surface area contributed by atoms with Crippen LogP contribution in [0.3, 0.4) is 0 Å². The van der Waals surface area contributed by atoms with Crippen LogP contribution >= 0.6 is 0 Å². The van der Waals surface area contributed by atoms with Gasteiger partial charge >= 0.3 is 0 Å². The SMILES string of the molecule is Cc1cc(S(=O)(=O)NC(C)C)ccc1OCC(=O)NCc1ccc2c(c1)OCO2. The molecule has 29 heavy (non-hydrogen) atoms. The first-order valence-corrected chi connectivity index (χ1v) is 10.6. The highest BCUT2D eigenvalue weighted by atomic mass is 32.2. The van der Waals surface area contributed by atoms with Gasteiger partial charge in [-0.1, -0.05) is 6.07 Å². The first-order valence-electron chi connectivity index (χ1n) is 9.15. The Morgan fingerprint density at radius 2 is 1.90 bits per heavy atom. The number of ether oxygens (including phenoxy) is 3. The lowest BCUT2D eigenvalue weighted by atomic mass is 10.2. The van der Waals surface area contributed by atoms with E-state index in [0.29, 0.717) is 29.4 Å². The maximum atomic E-state index is 12.2. The molecule has 8 nitrogen and oxygen atoms in total. The van der Waals surface area contributed by atoms with Crippen LogP contribution in [0.5, 0.6) is 17.2 Å². The van der Waals surface area contributed by atoms with Gasteiger partial charge in [0, 0.05) is 12.6 Å². The summed E-state index contributed by atoms with van der Waals surface area (Å²) >= 11 is 0. The van der Waals surface area contributed by atoms with E-state index < -0.39 is 10.0 Å². The largest absolute Gasteiger partial charge is 0.484 e. The summed E-state index contributed by atoms with van der Waals surface area (Å²) in [6, 6.07) is 9.79. The average Bonchev–Trinajstić information content (AvgIpc) is 3.12. The van der Waals surface area contributed by atoms with Gasteiger partial charge in [0.2, 0.25) is 16.8 Å². The van der Waals surface area contributed by atoms with Crippen molar-refractivity contribution in [3.8, 4) is 17.2 Å². The molecule has 9 heteroatoms. The van der Waals surface area contributed by atoms with Gasteiger partial charge in [-0.25, -0.2) is 13.1 Å². The summed E-state index contributed by atoms with van der Waals surface area (Å²) in [5, 5.41) is 2.77. The monoisotopic (exact) mass is 420 g/mol. The van der Waals surface area contributed by atoms with Crippen LogP contribution in [0.2, 0.25) is 0 Å². The topological polar surface area (TPSA) is 103 Å². The average molecular weight is 420 g/mol. The van der Waals surface area contributed by atoms with E-state index in [1.807, 2.05) is 12.1 Å². The van der Waals surface area contributed by atoms with Gasteiger partial charge in [-0.3, -0.25) is 4.79 Å². The zero-order chi connectivity index (χ0) is 21.0. The molecule has 1 amide bonds. The van der Waals surface area contributed by atoms with E-state index in [-0.39, 0.29) is 30.2 Å². The summed E-state index contributed by atoms with van der Waals surface area (Å²) in [6.07, 6.45) is 0. The minimum absolute atomic E-state index is 0.156. The third-order valence-corrected chi connectivity index (χ3v) is 5.79. The molecule has 0 atom stereocenters. The maximum Gasteiger partial charge on any atom is 0.258 e. The Morgan fingerprint density at radius 3 is 2.62 bits per heavy atom. The van der Waals surface area contributed by atoms with E-state index in [0.717, 1.165) is 5.56 Å². The maximum absolute atomic E-state index is 12.2. The second-order valence-corrected chi connectivity index (χ2v) is 8.67. The van der Waals surface area contributed by atoms with Crippen LogP contribution in [0, 0.1) is 6.92 Å². The predicted octanol–water partition coefficient (Wildman–Crippen LogP) is 2.11. The normalized spacial score (nSPS) is 12.8. The zero-order valence-corrected chi connectivity index (χ0v) is 17.3. The van der Waals surface area contributed by atoms with Gasteiger partial charge in [0.05, 0.1) is 4.90 Å². The molecule has 0 aliphatic carbocycles. The highest BCUT2D eigenvalue weighted by molar-refractivity contribution is 7.89. The fourth-order valence-corrected chi connectivity index (χ4v) is 4.11. The number of aryl methyl sites for hydroxylation is 1. The third-order valence-electron chi connectivity index (χ3n) is 4.13. The molecule has 3 rings (SSSR count). The number of benzene rings is 2. The summed E-state index contributed by atoms with van der Waals surface area (Å²) in [6.45, 7) is 5.59. The lowest BCUT2D eigenvalue weighted by molar-refractivity contribution is -0.123. The highest BCUT2D eigenvalue weighted by Crippen LogP contribution is 2.32. The van der Waals surface area contributed by atoms with Gasteiger partial charge in [-0.05, 0) is 62.2 Å². The number of amides is 1. The van der Waals surface area contributed by atoms with Crippen LogP contribution in [0.15, 0.2) is 41.3 Å². The number of hydrogen-bond donors (Lipinski definition) is 2. The standard InChI is InChI=1S/C20H24N2O6S/c1-13(2)22-29(24,25)16-5-7-17(14(3)8-16)26-11-20(23)21-10-15-4-6-18-19(9-15)28-12-27-18/h4-9,13,22H,10-12H2,1-3H3,(H,21,23). The Hall–Kier alpha value is -2.78. The van der Waals surface area contributed by atoms with Crippen molar-refractivity contribution in [1.82, 2.24) is 10.0 Å². The smallest absolute Gasteiger partial charge is 0.258 e. The number of nitrogens with one attached hydrogen (secondary N) is 2. The van der Waals surface area contributed by atoms with Gasteiger partial charge < -0.3 is 19.5 Å². The van der Waals surface area contributed by atoms with Crippen molar-refractivity contribution in [2.24, 2.45) is 0 Å². The number of hydrogen-bond acceptors (Lipinski definition) is 6. The molecule has 2 N–H and O–H groups in total. The van der Waals surface area contributed by atoms with Crippen LogP contribution in [-0.2, 0) is 21.4 Å². The molecule has 0 bridgehead atoms. The molecule has 2 aromatic rings. The van der Waals surface area contributed by atoms with E-state index in [1.165, 1.54) is 12.1 Å². The molecule has 0 fully saturated rings. The molecule has 1 aliphatic heterocycles. The molecule has 0 spiro atoms. The van der Waals surface area contributed by atoms with Crippen molar-refractivity contribution in [3.63, 3.8) is 0 Å². The molecular weight excluding hydrogens is 396 g/mol. The second-order valence-electron chi connectivity index (χ2n) is 6.96. The van der Waals surface area contributed by atoms with Crippen molar-refractivity contribution in [2.75, 3.05) is 13.4 Å². The molecule has 1 aliphatic rings. The van der Waals surface area contributed by atoms with Crippen LogP contribution in [0.25, 0.3) is 0 Å². The van der Waals surface area contributed by atoms with Crippen LogP contribution in [-0.4, -0.2) is 33.8 Å². The predicted molar refractivity (Wildman–Crippen MR) is 107 cm³/mol. The fraction of sp³-hybridized carbons (Fsp3) is 0.350. The Balaban J connectivity index is 1.53. The number of rotatable bonds is 8. The minimum Gasteiger partial charge on any atom is -0.484 e. The number of carbonyl (C=O) groups excluding carboxylic acids is 1. The zero-order valence-electron chi connectivity index (χ0n) is 16.5. The molecule has 0 radical (unpaired) electrons. The minimum atomic E-state index is -3.58. The van der Waals surface area contributed by atoms with Crippen molar-refractivity contribution >= 4 is 15.9 Å². The molecule has 156 valence electrons. The van der Waals surface area contributed by atoms with Gasteiger partial charge in [-0.2, -0.15) is 0 Å². The first-order chi connectivity index (χ1) is 13.7. The second kappa shape index (κ2) is 8.71. The van der Waals surface area contributed by atoms with Crippen LogP contribution < -0.4 is 24.2 Å². The van der Waals surface area contributed by atoms with E-state index in [2.05, 4.69) is 10.0 Å². The Labute approximate surface area is 170 Å². The summed E-state index contributed by atoms with van der Waals surface area (Å²) in [7, 11) is -3.58. The molecule has 0 saturated heterocycles. The number of sulfonamides is 1. The van der Waals surface area contributed by atoms with Crippen LogP contribution in [0.4, 0.5) is 0 Å². The van der Waals surface area contributed by atoms with E-state index in [9.17, 15) is 13.2 Å².